The van der Waals surface area contributed by atoms with E-state index in [2.05, 4.69) is 19.5 Å². The van der Waals surface area contributed by atoms with Crippen LogP contribution in [0, 0.1) is 0 Å². The van der Waals surface area contributed by atoms with Gasteiger partial charge in [0.1, 0.15) is 11.9 Å². The van der Waals surface area contributed by atoms with Crippen molar-refractivity contribution >= 4 is 10.0 Å². The van der Waals surface area contributed by atoms with Crippen molar-refractivity contribution in [2.45, 2.75) is 25.5 Å². The molecule has 1 N–H and O–H groups in total. The van der Waals surface area contributed by atoms with E-state index in [1.54, 1.807) is 6.20 Å². The van der Waals surface area contributed by atoms with Crippen molar-refractivity contribution in [2.24, 2.45) is 0 Å². The molecule has 1 saturated heterocycles. The van der Waals surface area contributed by atoms with Gasteiger partial charge in [-0.1, -0.05) is 0 Å². The van der Waals surface area contributed by atoms with E-state index >= 15 is 0 Å². The summed E-state index contributed by atoms with van der Waals surface area (Å²) in [6.45, 7) is 3.35. The van der Waals surface area contributed by atoms with Crippen LogP contribution in [-0.4, -0.2) is 75.8 Å². The van der Waals surface area contributed by atoms with Gasteiger partial charge in [-0.3, -0.25) is 9.88 Å². The molecule has 0 aromatic carbocycles. The van der Waals surface area contributed by atoms with Crippen molar-refractivity contribution in [1.29, 1.82) is 0 Å². The molecule has 24 heavy (non-hydrogen) atoms. The largest absolute Gasteiger partial charge is 0.489 e. The van der Waals surface area contributed by atoms with Crippen molar-refractivity contribution in [1.82, 2.24) is 19.5 Å². The number of hydrogen-bond acceptors (Lipinski definition) is 6. The Kier molecular flexibility index (Phi) is 6.97. The second kappa shape index (κ2) is 8.75. The first-order chi connectivity index (χ1) is 11.4. The van der Waals surface area contributed by atoms with Crippen molar-refractivity contribution in [2.75, 3.05) is 46.5 Å². The zero-order chi connectivity index (χ0) is 17.6. The molecule has 0 spiro atoms. The Balaban J connectivity index is 1.77. The highest BCUT2D eigenvalue weighted by atomic mass is 32.2. The molecule has 1 aromatic rings. The number of ether oxygens (including phenoxy) is 1. The zero-order valence-electron chi connectivity index (χ0n) is 14.7. The van der Waals surface area contributed by atoms with Gasteiger partial charge in [-0.15, -0.1) is 0 Å². The Morgan fingerprint density at radius 3 is 2.96 bits per heavy atom. The van der Waals surface area contributed by atoms with Gasteiger partial charge in [-0.05, 0) is 46.6 Å². The van der Waals surface area contributed by atoms with Gasteiger partial charge in [0.25, 0.3) is 0 Å². The number of nitrogens with zero attached hydrogens (tertiary/aromatic N) is 3. The van der Waals surface area contributed by atoms with Gasteiger partial charge in [-0.25, -0.2) is 13.1 Å². The third kappa shape index (κ3) is 6.35. The average Bonchev–Trinajstić information content (AvgIpc) is 2.94. The number of pyridine rings is 1. The molecule has 1 atom stereocenters. The lowest BCUT2D eigenvalue weighted by atomic mass is 10.3. The van der Waals surface area contributed by atoms with E-state index in [0.717, 1.165) is 44.0 Å². The summed E-state index contributed by atoms with van der Waals surface area (Å²) in [5.74, 6) is 1.02. The van der Waals surface area contributed by atoms with Crippen molar-refractivity contribution in [3.63, 3.8) is 0 Å². The molecule has 136 valence electrons. The predicted octanol–water partition coefficient (Wildman–Crippen LogP) is 0.536. The Morgan fingerprint density at radius 1 is 1.46 bits per heavy atom. The fourth-order valence-electron chi connectivity index (χ4n) is 2.81. The molecule has 0 aliphatic carbocycles. The lowest BCUT2D eigenvalue weighted by molar-refractivity contribution is 0.200. The van der Waals surface area contributed by atoms with E-state index in [0.29, 0.717) is 6.42 Å². The molecule has 1 unspecified atom stereocenters. The fourth-order valence-corrected chi connectivity index (χ4v) is 3.52. The minimum absolute atomic E-state index is 0.153. The SMILES string of the molecule is CNS(=O)(=O)CCCN1CCC(Oc2ccnc(CN(C)C)c2)C1. The molecular weight excluding hydrogens is 328 g/mol. The van der Waals surface area contributed by atoms with Crippen LogP contribution in [0.2, 0.25) is 0 Å². The Morgan fingerprint density at radius 2 is 2.25 bits per heavy atom. The minimum Gasteiger partial charge on any atom is -0.489 e. The number of aromatic nitrogens is 1. The van der Waals surface area contributed by atoms with Crippen molar-refractivity contribution in [3.05, 3.63) is 24.0 Å². The Labute approximate surface area is 145 Å². The van der Waals surface area contributed by atoms with Crippen LogP contribution in [0.15, 0.2) is 18.3 Å². The molecule has 0 radical (unpaired) electrons. The molecular formula is C16H28N4O3S. The van der Waals surface area contributed by atoms with Gasteiger partial charge in [0, 0.05) is 31.9 Å². The van der Waals surface area contributed by atoms with Gasteiger partial charge >= 0.3 is 0 Å². The Hall–Kier alpha value is -1.22. The first-order valence-electron chi connectivity index (χ1n) is 8.28. The summed E-state index contributed by atoms with van der Waals surface area (Å²) in [6, 6.07) is 3.88. The lowest BCUT2D eigenvalue weighted by Gasteiger charge is -2.17. The van der Waals surface area contributed by atoms with E-state index in [9.17, 15) is 8.42 Å². The second-order valence-corrected chi connectivity index (χ2v) is 8.47. The maximum atomic E-state index is 11.4. The Bertz CT molecular complexity index is 622. The van der Waals surface area contributed by atoms with Crippen LogP contribution in [0.4, 0.5) is 0 Å². The third-order valence-corrected chi connectivity index (χ3v) is 5.44. The van der Waals surface area contributed by atoms with Crippen LogP contribution in [0.5, 0.6) is 5.75 Å². The maximum absolute atomic E-state index is 11.4. The summed E-state index contributed by atoms with van der Waals surface area (Å²) in [6.07, 6.45) is 3.53. The standard InChI is InChI=1S/C16H28N4O3S/c1-17-24(21,22)10-4-8-20-9-6-16(13-20)23-15-5-7-18-14(11-15)12-19(2)3/h5,7,11,16-17H,4,6,8-10,12-13H2,1-3H3. The summed E-state index contributed by atoms with van der Waals surface area (Å²) in [4.78, 5) is 8.68. The molecule has 7 nitrogen and oxygen atoms in total. The fraction of sp³-hybridized carbons (Fsp3) is 0.688. The first kappa shape index (κ1) is 19.1. The molecule has 1 aliphatic rings. The lowest BCUT2D eigenvalue weighted by Crippen LogP contribution is -2.29. The molecule has 1 aromatic heterocycles. The number of hydrogen-bond donors (Lipinski definition) is 1. The average molecular weight is 356 g/mol. The van der Waals surface area contributed by atoms with Crippen molar-refractivity contribution < 1.29 is 13.2 Å². The van der Waals surface area contributed by atoms with Gasteiger partial charge in [0.15, 0.2) is 0 Å². The van der Waals surface area contributed by atoms with Crippen LogP contribution in [0.1, 0.15) is 18.5 Å². The maximum Gasteiger partial charge on any atom is 0.211 e. The topological polar surface area (TPSA) is 74.8 Å². The van der Waals surface area contributed by atoms with Crippen molar-refractivity contribution in [3.8, 4) is 5.75 Å². The van der Waals surface area contributed by atoms with Crippen LogP contribution in [0.25, 0.3) is 0 Å². The number of nitrogens with one attached hydrogen (secondary N) is 1. The zero-order valence-corrected chi connectivity index (χ0v) is 15.6. The van der Waals surface area contributed by atoms with Gasteiger partial charge < -0.3 is 9.64 Å². The third-order valence-electron chi connectivity index (χ3n) is 4.00. The minimum atomic E-state index is -3.11. The highest BCUT2D eigenvalue weighted by Crippen LogP contribution is 2.19. The highest BCUT2D eigenvalue weighted by Gasteiger charge is 2.24. The van der Waals surface area contributed by atoms with Crippen LogP contribution in [-0.2, 0) is 16.6 Å². The van der Waals surface area contributed by atoms with Crippen LogP contribution >= 0.6 is 0 Å². The van der Waals surface area contributed by atoms with E-state index in [1.165, 1.54) is 7.05 Å². The highest BCUT2D eigenvalue weighted by molar-refractivity contribution is 7.89. The first-order valence-corrected chi connectivity index (χ1v) is 9.93. The molecule has 2 rings (SSSR count). The molecule has 8 heteroatoms. The quantitative estimate of drug-likeness (QED) is 0.696. The summed E-state index contributed by atoms with van der Waals surface area (Å²) in [5, 5.41) is 0. The van der Waals surface area contributed by atoms with Gasteiger partial charge in [0.05, 0.1) is 11.4 Å². The second-order valence-electron chi connectivity index (χ2n) is 6.43. The summed E-state index contributed by atoms with van der Waals surface area (Å²) in [7, 11) is 2.37. The smallest absolute Gasteiger partial charge is 0.211 e. The molecule has 0 saturated carbocycles. The molecule has 0 amide bonds. The van der Waals surface area contributed by atoms with Gasteiger partial charge in [-0.2, -0.15) is 0 Å². The summed E-state index contributed by atoms with van der Waals surface area (Å²) >= 11 is 0. The molecule has 1 fully saturated rings. The normalized spacial score (nSPS) is 19.1. The summed E-state index contributed by atoms with van der Waals surface area (Å²) in [5.41, 5.74) is 0.990. The van der Waals surface area contributed by atoms with Crippen LogP contribution < -0.4 is 9.46 Å². The predicted molar refractivity (Wildman–Crippen MR) is 94.6 cm³/mol. The number of likely N-dealkylation sites (tertiary alicyclic amines) is 1. The van der Waals surface area contributed by atoms with E-state index < -0.39 is 10.0 Å². The molecule has 0 bridgehead atoms. The number of rotatable bonds is 9. The van der Waals surface area contributed by atoms with Crippen LogP contribution in [0.3, 0.4) is 0 Å². The number of sulfonamides is 1. The molecule has 1 aliphatic heterocycles. The summed E-state index contributed by atoms with van der Waals surface area (Å²) < 4.78 is 31.3. The van der Waals surface area contributed by atoms with E-state index in [-0.39, 0.29) is 11.9 Å². The molecule has 2 heterocycles. The monoisotopic (exact) mass is 356 g/mol. The van der Waals surface area contributed by atoms with Gasteiger partial charge in [0.2, 0.25) is 10.0 Å². The van der Waals surface area contributed by atoms with E-state index in [1.807, 2.05) is 26.2 Å². The van der Waals surface area contributed by atoms with E-state index in [4.69, 9.17) is 4.74 Å².